The maximum atomic E-state index is 12.8. The molecule has 146 valence electrons. The fraction of sp³-hybridized carbons (Fsp3) is 0.400. The standard InChI is InChI=1S/C20H22N4O4/c1-12-7-17-18(28-11-27-17)8-14(12)22-19-9-15-16(10-21-19)23(2)20(25)24(15)13-3-5-26-6-4-13/h7-10,13H,3-6,11H2,1-2H3,(H,21,22). The molecule has 1 N–H and O–H groups in total. The van der Waals surface area contributed by atoms with Crippen LogP contribution < -0.4 is 20.5 Å². The molecule has 8 nitrogen and oxygen atoms in total. The smallest absolute Gasteiger partial charge is 0.329 e. The number of benzene rings is 1. The van der Waals surface area contributed by atoms with E-state index in [2.05, 4.69) is 10.3 Å². The number of aryl methyl sites for hydroxylation is 2. The van der Waals surface area contributed by atoms with E-state index in [0.29, 0.717) is 24.8 Å². The first-order chi connectivity index (χ1) is 13.6. The molecule has 3 aromatic rings. The van der Waals surface area contributed by atoms with Crippen LogP contribution in [0.15, 0.2) is 29.2 Å². The van der Waals surface area contributed by atoms with E-state index in [0.717, 1.165) is 40.9 Å². The molecule has 4 heterocycles. The van der Waals surface area contributed by atoms with Gasteiger partial charge < -0.3 is 19.5 Å². The normalized spacial score (nSPS) is 16.6. The van der Waals surface area contributed by atoms with E-state index in [1.807, 2.05) is 29.7 Å². The number of fused-ring (bicyclic) bond motifs is 2. The number of pyridine rings is 1. The van der Waals surface area contributed by atoms with Gasteiger partial charge in [0.1, 0.15) is 5.82 Å². The van der Waals surface area contributed by atoms with Crippen molar-refractivity contribution in [3.63, 3.8) is 0 Å². The largest absolute Gasteiger partial charge is 0.454 e. The molecule has 8 heteroatoms. The summed E-state index contributed by atoms with van der Waals surface area (Å²) < 4.78 is 19.9. The monoisotopic (exact) mass is 382 g/mol. The molecule has 0 radical (unpaired) electrons. The Morgan fingerprint density at radius 2 is 1.86 bits per heavy atom. The highest BCUT2D eigenvalue weighted by atomic mass is 16.7. The lowest BCUT2D eigenvalue weighted by Gasteiger charge is -2.23. The van der Waals surface area contributed by atoms with Crippen LogP contribution in [0.4, 0.5) is 11.5 Å². The van der Waals surface area contributed by atoms with Crippen molar-refractivity contribution >= 4 is 22.5 Å². The Morgan fingerprint density at radius 3 is 2.64 bits per heavy atom. The molecule has 0 unspecified atom stereocenters. The third kappa shape index (κ3) is 2.72. The number of aromatic nitrogens is 3. The molecule has 0 aliphatic carbocycles. The number of hydrogen-bond acceptors (Lipinski definition) is 6. The fourth-order valence-electron chi connectivity index (χ4n) is 3.94. The zero-order valence-electron chi connectivity index (χ0n) is 15.9. The van der Waals surface area contributed by atoms with Gasteiger partial charge >= 0.3 is 5.69 Å². The molecule has 1 saturated heterocycles. The van der Waals surface area contributed by atoms with Crippen molar-refractivity contribution in [1.82, 2.24) is 14.1 Å². The quantitative estimate of drug-likeness (QED) is 0.750. The summed E-state index contributed by atoms with van der Waals surface area (Å²) in [6, 6.07) is 5.95. The number of rotatable bonds is 3. The summed E-state index contributed by atoms with van der Waals surface area (Å²) in [6.07, 6.45) is 3.42. The molecule has 2 aromatic heterocycles. The summed E-state index contributed by atoms with van der Waals surface area (Å²) in [5, 5.41) is 3.36. The molecule has 28 heavy (non-hydrogen) atoms. The Bertz CT molecular complexity index is 1110. The zero-order chi connectivity index (χ0) is 19.3. The third-order valence-electron chi connectivity index (χ3n) is 5.51. The first-order valence-corrected chi connectivity index (χ1v) is 9.44. The van der Waals surface area contributed by atoms with Gasteiger partial charge in [-0.3, -0.25) is 9.13 Å². The van der Waals surface area contributed by atoms with Crippen LogP contribution in [0, 0.1) is 6.92 Å². The Morgan fingerprint density at radius 1 is 1.11 bits per heavy atom. The minimum Gasteiger partial charge on any atom is -0.454 e. The molecular weight excluding hydrogens is 360 g/mol. The molecule has 5 rings (SSSR count). The zero-order valence-corrected chi connectivity index (χ0v) is 15.9. The molecule has 0 spiro atoms. The van der Waals surface area contributed by atoms with Gasteiger partial charge in [-0.15, -0.1) is 0 Å². The minimum atomic E-state index is -0.0138. The van der Waals surface area contributed by atoms with E-state index in [4.69, 9.17) is 14.2 Å². The molecule has 0 atom stereocenters. The van der Waals surface area contributed by atoms with Crippen molar-refractivity contribution in [1.29, 1.82) is 0 Å². The first-order valence-electron chi connectivity index (χ1n) is 9.44. The van der Waals surface area contributed by atoms with Crippen LogP contribution >= 0.6 is 0 Å². The third-order valence-corrected chi connectivity index (χ3v) is 5.51. The predicted octanol–water partition coefficient (Wildman–Crippen LogP) is 2.87. The molecule has 1 fully saturated rings. The molecule has 1 aromatic carbocycles. The molecular formula is C20H22N4O4. The van der Waals surface area contributed by atoms with Crippen LogP contribution in [-0.4, -0.2) is 34.1 Å². The highest BCUT2D eigenvalue weighted by molar-refractivity contribution is 5.80. The van der Waals surface area contributed by atoms with E-state index in [1.165, 1.54) is 0 Å². The summed E-state index contributed by atoms with van der Waals surface area (Å²) in [7, 11) is 1.79. The Hall–Kier alpha value is -3.00. The van der Waals surface area contributed by atoms with Gasteiger partial charge in [0.25, 0.3) is 0 Å². The molecule has 2 aliphatic rings. The summed E-state index contributed by atoms with van der Waals surface area (Å²) in [6.45, 7) is 3.60. The summed E-state index contributed by atoms with van der Waals surface area (Å²) in [4.78, 5) is 17.4. The van der Waals surface area contributed by atoms with E-state index >= 15 is 0 Å². The minimum absolute atomic E-state index is 0.0138. The van der Waals surface area contributed by atoms with Crippen LogP contribution in [0.5, 0.6) is 11.5 Å². The van der Waals surface area contributed by atoms with Gasteiger partial charge in [-0.25, -0.2) is 9.78 Å². The van der Waals surface area contributed by atoms with E-state index in [9.17, 15) is 4.79 Å². The van der Waals surface area contributed by atoms with Gasteiger partial charge in [0, 0.05) is 44.1 Å². The van der Waals surface area contributed by atoms with Crippen molar-refractivity contribution in [3.8, 4) is 11.5 Å². The maximum absolute atomic E-state index is 12.8. The van der Waals surface area contributed by atoms with E-state index in [-0.39, 0.29) is 18.5 Å². The van der Waals surface area contributed by atoms with Gasteiger partial charge in [-0.05, 0) is 31.4 Å². The van der Waals surface area contributed by atoms with Crippen LogP contribution in [0.2, 0.25) is 0 Å². The second kappa shape index (κ2) is 6.56. The van der Waals surface area contributed by atoms with Gasteiger partial charge in [-0.1, -0.05) is 0 Å². The molecule has 0 saturated carbocycles. The Labute approximate surface area is 161 Å². The number of nitrogens with one attached hydrogen (secondary N) is 1. The molecule has 2 aliphatic heterocycles. The van der Waals surface area contributed by atoms with E-state index in [1.54, 1.807) is 17.8 Å². The Kier molecular flexibility index (Phi) is 4.01. The van der Waals surface area contributed by atoms with Crippen LogP contribution in [0.25, 0.3) is 11.0 Å². The van der Waals surface area contributed by atoms with Crippen molar-refractivity contribution in [3.05, 3.63) is 40.4 Å². The van der Waals surface area contributed by atoms with Crippen LogP contribution in [0.1, 0.15) is 24.4 Å². The van der Waals surface area contributed by atoms with Crippen molar-refractivity contribution in [2.24, 2.45) is 7.05 Å². The van der Waals surface area contributed by atoms with Crippen molar-refractivity contribution in [2.75, 3.05) is 25.3 Å². The predicted molar refractivity (Wildman–Crippen MR) is 105 cm³/mol. The maximum Gasteiger partial charge on any atom is 0.329 e. The number of imidazole rings is 1. The summed E-state index contributed by atoms with van der Waals surface area (Å²) >= 11 is 0. The van der Waals surface area contributed by atoms with Gasteiger partial charge in [0.05, 0.1) is 17.2 Å². The number of anilines is 2. The van der Waals surface area contributed by atoms with Crippen molar-refractivity contribution in [2.45, 2.75) is 25.8 Å². The lowest BCUT2D eigenvalue weighted by molar-refractivity contribution is 0.0696. The Balaban J connectivity index is 1.55. The number of ether oxygens (including phenoxy) is 3. The SMILES string of the molecule is Cc1cc2c(cc1Nc1cc3c(cn1)n(C)c(=O)n3C1CCOCC1)OCO2. The second-order valence-corrected chi connectivity index (χ2v) is 7.26. The lowest BCUT2D eigenvalue weighted by Crippen LogP contribution is -2.29. The fourth-order valence-corrected chi connectivity index (χ4v) is 3.94. The van der Waals surface area contributed by atoms with Crippen LogP contribution in [0.3, 0.4) is 0 Å². The van der Waals surface area contributed by atoms with Gasteiger partial charge in [-0.2, -0.15) is 0 Å². The van der Waals surface area contributed by atoms with Crippen LogP contribution in [-0.2, 0) is 11.8 Å². The average molecular weight is 382 g/mol. The first kappa shape index (κ1) is 17.1. The number of hydrogen-bond donors (Lipinski definition) is 1. The van der Waals surface area contributed by atoms with Gasteiger partial charge in [0.2, 0.25) is 6.79 Å². The highest BCUT2D eigenvalue weighted by Gasteiger charge is 2.22. The second-order valence-electron chi connectivity index (χ2n) is 7.26. The molecule has 0 amide bonds. The van der Waals surface area contributed by atoms with Crippen molar-refractivity contribution < 1.29 is 14.2 Å². The highest BCUT2D eigenvalue weighted by Crippen LogP contribution is 2.37. The summed E-state index contributed by atoms with van der Waals surface area (Å²) in [5.41, 5.74) is 3.62. The number of nitrogens with zero attached hydrogens (tertiary/aromatic N) is 3. The molecule has 0 bridgehead atoms. The topological polar surface area (TPSA) is 79.5 Å². The van der Waals surface area contributed by atoms with Gasteiger partial charge in [0.15, 0.2) is 11.5 Å². The van der Waals surface area contributed by atoms with E-state index < -0.39 is 0 Å². The lowest BCUT2D eigenvalue weighted by atomic mass is 10.1. The summed E-state index contributed by atoms with van der Waals surface area (Å²) in [5.74, 6) is 2.15. The average Bonchev–Trinajstić information content (AvgIpc) is 3.25.